The van der Waals surface area contributed by atoms with Gasteiger partial charge in [-0.3, -0.25) is 0 Å². The lowest BCUT2D eigenvalue weighted by Crippen LogP contribution is -2.41. The number of aliphatic hydroxyl groups excluding tert-OH is 1. The van der Waals surface area contributed by atoms with Crippen molar-refractivity contribution in [2.24, 2.45) is 11.3 Å². The number of ether oxygens (including phenoxy) is 2. The SMILES string of the molecule is OCC1(CC2CC2)CCC2(CC1)OCCO2. The van der Waals surface area contributed by atoms with Crippen LogP contribution < -0.4 is 0 Å². The van der Waals surface area contributed by atoms with Crippen molar-refractivity contribution in [3.63, 3.8) is 0 Å². The van der Waals surface area contributed by atoms with Crippen molar-refractivity contribution in [1.29, 1.82) is 0 Å². The first-order valence-corrected chi connectivity index (χ1v) is 6.65. The second-order valence-corrected chi connectivity index (χ2v) is 5.91. The molecule has 1 N–H and O–H groups in total. The number of rotatable bonds is 3. The molecule has 3 aliphatic rings. The molecule has 1 spiro atoms. The molecule has 3 rings (SSSR count). The summed E-state index contributed by atoms with van der Waals surface area (Å²) in [5, 5.41) is 9.67. The van der Waals surface area contributed by atoms with Crippen molar-refractivity contribution < 1.29 is 14.6 Å². The predicted molar refractivity (Wildman–Crippen MR) is 60.0 cm³/mol. The van der Waals surface area contributed by atoms with E-state index in [-0.39, 0.29) is 11.2 Å². The summed E-state index contributed by atoms with van der Waals surface area (Å²) in [7, 11) is 0. The van der Waals surface area contributed by atoms with Crippen LogP contribution in [0.2, 0.25) is 0 Å². The maximum atomic E-state index is 9.67. The normalized spacial score (nSPS) is 32.1. The van der Waals surface area contributed by atoms with Crippen molar-refractivity contribution in [1.82, 2.24) is 0 Å². The molecule has 0 aromatic rings. The van der Waals surface area contributed by atoms with E-state index in [9.17, 15) is 5.11 Å². The lowest BCUT2D eigenvalue weighted by molar-refractivity contribution is -0.195. The minimum Gasteiger partial charge on any atom is -0.396 e. The molecule has 2 saturated carbocycles. The highest BCUT2D eigenvalue weighted by atomic mass is 16.7. The average molecular weight is 226 g/mol. The van der Waals surface area contributed by atoms with Gasteiger partial charge in [-0.05, 0) is 30.6 Å². The highest BCUT2D eigenvalue weighted by molar-refractivity contribution is 4.94. The third-order valence-electron chi connectivity index (χ3n) is 4.64. The van der Waals surface area contributed by atoms with E-state index in [2.05, 4.69) is 0 Å². The van der Waals surface area contributed by atoms with Crippen molar-refractivity contribution in [3.8, 4) is 0 Å². The molecule has 0 aromatic heterocycles. The lowest BCUT2D eigenvalue weighted by Gasteiger charge is -2.43. The van der Waals surface area contributed by atoms with Gasteiger partial charge in [-0.15, -0.1) is 0 Å². The van der Waals surface area contributed by atoms with Crippen molar-refractivity contribution in [2.75, 3.05) is 19.8 Å². The molecule has 1 aliphatic heterocycles. The third kappa shape index (κ3) is 2.01. The molecule has 0 unspecified atom stereocenters. The van der Waals surface area contributed by atoms with Gasteiger partial charge in [-0.2, -0.15) is 0 Å². The van der Waals surface area contributed by atoms with Crippen molar-refractivity contribution >= 4 is 0 Å². The maximum absolute atomic E-state index is 9.67. The summed E-state index contributed by atoms with van der Waals surface area (Å²) in [6.07, 6.45) is 8.06. The predicted octanol–water partition coefficient (Wildman–Crippen LogP) is 2.08. The zero-order valence-electron chi connectivity index (χ0n) is 9.91. The van der Waals surface area contributed by atoms with Gasteiger partial charge in [-0.25, -0.2) is 0 Å². The quantitative estimate of drug-likeness (QED) is 0.800. The molecule has 92 valence electrons. The summed E-state index contributed by atoms with van der Waals surface area (Å²) in [5.74, 6) is 0.619. The Morgan fingerprint density at radius 1 is 1.00 bits per heavy atom. The molecule has 0 bridgehead atoms. The Labute approximate surface area is 97.1 Å². The Kier molecular flexibility index (Phi) is 2.73. The summed E-state index contributed by atoms with van der Waals surface area (Å²) in [6.45, 7) is 1.84. The van der Waals surface area contributed by atoms with E-state index in [1.807, 2.05) is 0 Å². The highest BCUT2D eigenvalue weighted by Crippen LogP contribution is 2.51. The zero-order valence-corrected chi connectivity index (χ0v) is 9.91. The van der Waals surface area contributed by atoms with Crippen LogP contribution in [0.1, 0.15) is 44.9 Å². The minimum absolute atomic E-state index is 0.182. The maximum Gasteiger partial charge on any atom is 0.168 e. The standard InChI is InChI=1S/C13H22O3/c14-10-12(9-11-1-2-11)3-5-13(6-4-12)15-7-8-16-13/h11,14H,1-10H2. The Morgan fingerprint density at radius 2 is 1.62 bits per heavy atom. The van der Waals surface area contributed by atoms with Crippen LogP contribution in [0, 0.1) is 11.3 Å². The molecule has 3 nitrogen and oxygen atoms in total. The highest BCUT2D eigenvalue weighted by Gasteiger charge is 2.47. The van der Waals surface area contributed by atoms with Gasteiger partial charge in [0.05, 0.1) is 13.2 Å². The van der Waals surface area contributed by atoms with Crippen LogP contribution in [-0.2, 0) is 9.47 Å². The van der Waals surface area contributed by atoms with Gasteiger partial charge in [0.15, 0.2) is 5.79 Å². The second kappa shape index (κ2) is 3.97. The fraction of sp³-hybridized carbons (Fsp3) is 1.00. The Bertz CT molecular complexity index is 244. The van der Waals surface area contributed by atoms with Crippen molar-refractivity contribution in [3.05, 3.63) is 0 Å². The summed E-state index contributed by atoms with van der Waals surface area (Å²) >= 11 is 0. The summed E-state index contributed by atoms with van der Waals surface area (Å²) in [5.41, 5.74) is 0.182. The van der Waals surface area contributed by atoms with Gasteiger partial charge >= 0.3 is 0 Å². The molecule has 1 heterocycles. The second-order valence-electron chi connectivity index (χ2n) is 5.91. The van der Waals surface area contributed by atoms with Crippen LogP contribution in [0.3, 0.4) is 0 Å². The Hall–Kier alpha value is -0.120. The summed E-state index contributed by atoms with van der Waals surface area (Å²) in [4.78, 5) is 0. The third-order valence-corrected chi connectivity index (χ3v) is 4.64. The lowest BCUT2D eigenvalue weighted by atomic mass is 9.69. The smallest absolute Gasteiger partial charge is 0.168 e. The molecule has 3 fully saturated rings. The van der Waals surface area contributed by atoms with E-state index in [0.29, 0.717) is 6.61 Å². The summed E-state index contributed by atoms with van der Waals surface area (Å²) in [6, 6.07) is 0. The van der Waals surface area contributed by atoms with E-state index < -0.39 is 0 Å². The van der Waals surface area contributed by atoms with Gasteiger partial charge in [0.2, 0.25) is 0 Å². The van der Waals surface area contributed by atoms with Gasteiger partial charge in [0, 0.05) is 19.4 Å². The van der Waals surface area contributed by atoms with Gasteiger partial charge < -0.3 is 14.6 Å². The molecule has 2 aliphatic carbocycles. The average Bonchev–Trinajstić information content (AvgIpc) is 3.01. The van der Waals surface area contributed by atoms with Crippen LogP contribution in [0.4, 0.5) is 0 Å². The fourth-order valence-corrected chi connectivity index (χ4v) is 3.31. The largest absolute Gasteiger partial charge is 0.396 e. The monoisotopic (exact) mass is 226 g/mol. The number of hydrogen-bond donors (Lipinski definition) is 1. The summed E-state index contributed by atoms with van der Waals surface area (Å²) < 4.78 is 11.5. The van der Waals surface area contributed by atoms with E-state index in [1.165, 1.54) is 19.3 Å². The molecule has 3 heteroatoms. The molecule has 1 saturated heterocycles. The van der Waals surface area contributed by atoms with Crippen molar-refractivity contribution in [2.45, 2.75) is 50.7 Å². The van der Waals surface area contributed by atoms with Gasteiger partial charge in [0.25, 0.3) is 0 Å². The molecular formula is C13H22O3. The van der Waals surface area contributed by atoms with Crippen LogP contribution in [0.5, 0.6) is 0 Å². The van der Waals surface area contributed by atoms with Crippen LogP contribution >= 0.6 is 0 Å². The molecule has 0 radical (unpaired) electrons. The molecule has 0 amide bonds. The van der Waals surface area contributed by atoms with Gasteiger partial charge in [0.1, 0.15) is 0 Å². The van der Waals surface area contributed by atoms with E-state index in [1.54, 1.807) is 0 Å². The topological polar surface area (TPSA) is 38.7 Å². The minimum atomic E-state index is -0.276. The first-order chi connectivity index (χ1) is 7.76. The van der Waals surface area contributed by atoms with E-state index in [0.717, 1.165) is 44.8 Å². The molecule has 0 aromatic carbocycles. The van der Waals surface area contributed by atoms with Crippen LogP contribution in [0.15, 0.2) is 0 Å². The molecule has 16 heavy (non-hydrogen) atoms. The van der Waals surface area contributed by atoms with E-state index in [4.69, 9.17) is 9.47 Å². The number of hydrogen-bond acceptors (Lipinski definition) is 3. The number of aliphatic hydroxyl groups is 1. The fourth-order valence-electron chi connectivity index (χ4n) is 3.31. The Morgan fingerprint density at radius 3 is 2.12 bits per heavy atom. The van der Waals surface area contributed by atoms with Crippen LogP contribution in [0.25, 0.3) is 0 Å². The Balaban J connectivity index is 1.62. The van der Waals surface area contributed by atoms with E-state index >= 15 is 0 Å². The first kappa shape index (κ1) is 11.0. The first-order valence-electron chi connectivity index (χ1n) is 6.65. The molecule has 0 atom stereocenters. The van der Waals surface area contributed by atoms with Crippen LogP contribution in [-0.4, -0.2) is 30.7 Å². The molecular weight excluding hydrogens is 204 g/mol. The van der Waals surface area contributed by atoms with Gasteiger partial charge in [-0.1, -0.05) is 12.8 Å². The zero-order chi connectivity index (χ0) is 11.1.